The molecular weight excluding hydrogens is 332 g/mol. The Morgan fingerprint density at radius 2 is 1.69 bits per heavy atom. The normalized spacial score (nSPS) is 20.8. The molecule has 26 heavy (non-hydrogen) atoms. The van der Waals surface area contributed by atoms with Crippen molar-refractivity contribution in [2.75, 3.05) is 19.9 Å². The number of hydrogen-bond donors (Lipinski definition) is 1. The highest BCUT2D eigenvalue weighted by Crippen LogP contribution is 2.33. The number of ether oxygens (including phenoxy) is 2. The first kappa shape index (κ1) is 17.2. The van der Waals surface area contributed by atoms with Crippen molar-refractivity contribution >= 4 is 11.8 Å². The van der Waals surface area contributed by atoms with Gasteiger partial charge in [0.1, 0.15) is 0 Å². The third kappa shape index (κ3) is 3.64. The van der Waals surface area contributed by atoms with Gasteiger partial charge in [-0.05, 0) is 43.9 Å². The van der Waals surface area contributed by atoms with Crippen LogP contribution in [0.2, 0.25) is 0 Å². The quantitative estimate of drug-likeness (QED) is 0.902. The number of amides is 2. The summed E-state index contributed by atoms with van der Waals surface area (Å²) in [7, 11) is 0. The summed E-state index contributed by atoms with van der Waals surface area (Å²) in [5.41, 5.74) is 0.611. The molecule has 1 saturated carbocycles. The second-order valence-electron chi connectivity index (χ2n) is 7.48. The molecule has 0 aromatic heterocycles. The van der Waals surface area contributed by atoms with Gasteiger partial charge in [0, 0.05) is 30.6 Å². The molecule has 1 aromatic carbocycles. The van der Waals surface area contributed by atoms with Crippen LogP contribution in [0.3, 0.4) is 0 Å². The highest BCUT2D eigenvalue weighted by Gasteiger charge is 2.29. The summed E-state index contributed by atoms with van der Waals surface area (Å²) in [5.74, 6) is 1.50. The summed E-state index contributed by atoms with van der Waals surface area (Å²) in [4.78, 5) is 27.1. The van der Waals surface area contributed by atoms with Gasteiger partial charge in [-0.25, -0.2) is 0 Å². The van der Waals surface area contributed by atoms with E-state index in [0.717, 1.165) is 25.7 Å². The average Bonchev–Trinajstić information content (AvgIpc) is 3.16. The van der Waals surface area contributed by atoms with Crippen molar-refractivity contribution in [1.82, 2.24) is 10.2 Å². The van der Waals surface area contributed by atoms with Crippen molar-refractivity contribution in [3.63, 3.8) is 0 Å². The van der Waals surface area contributed by atoms with Gasteiger partial charge in [-0.2, -0.15) is 0 Å². The summed E-state index contributed by atoms with van der Waals surface area (Å²) >= 11 is 0. The Balaban J connectivity index is 1.30. The molecule has 6 heteroatoms. The Morgan fingerprint density at radius 1 is 0.962 bits per heavy atom. The Hall–Kier alpha value is -2.24. The number of benzene rings is 1. The first-order chi connectivity index (χ1) is 12.7. The Bertz CT molecular complexity index is 676. The van der Waals surface area contributed by atoms with Crippen molar-refractivity contribution in [3.8, 4) is 11.5 Å². The number of rotatable bonds is 3. The SMILES string of the molecule is O=C(NC1CCCCC1)C1CCN(C(=O)c2ccc3c(c2)OCO3)CC1. The number of fused-ring (bicyclic) bond motifs is 1. The van der Waals surface area contributed by atoms with Crippen molar-refractivity contribution < 1.29 is 19.1 Å². The molecule has 2 fully saturated rings. The summed E-state index contributed by atoms with van der Waals surface area (Å²) in [6.45, 7) is 1.44. The lowest BCUT2D eigenvalue weighted by Gasteiger charge is -2.33. The molecule has 0 radical (unpaired) electrons. The van der Waals surface area contributed by atoms with Crippen LogP contribution in [0.4, 0.5) is 0 Å². The van der Waals surface area contributed by atoms with Crippen LogP contribution in [-0.4, -0.2) is 42.6 Å². The number of carbonyl (C=O) groups excluding carboxylic acids is 2. The minimum atomic E-state index is -0.00515. The van der Waals surface area contributed by atoms with Gasteiger partial charge in [0.15, 0.2) is 11.5 Å². The molecule has 3 aliphatic rings. The molecule has 4 rings (SSSR count). The highest BCUT2D eigenvalue weighted by atomic mass is 16.7. The van der Waals surface area contributed by atoms with Gasteiger partial charge < -0.3 is 19.7 Å². The zero-order valence-corrected chi connectivity index (χ0v) is 15.0. The van der Waals surface area contributed by atoms with Gasteiger partial charge in [0.2, 0.25) is 12.7 Å². The molecule has 0 atom stereocenters. The van der Waals surface area contributed by atoms with E-state index < -0.39 is 0 Å². The van der Waals surface area contributed by atoms with E-state index in [1.807, 2.05) is 4.90 Å². The molecule has 1 saturated heterocycles. The predicted molar refractivity (Wildman–Crippen MR) is 96.2 cm³/mol. The molecule has 1 N–H and O–H groups in total. The molecule has 2 heterocycles. The van der Waals surface area contributed by atoms with Crippen LogP contribution in [-0.2, 0) is 4.79 Å². The topological polar surface area (TPSA) is 67.9 Å². The van der Waals surface area contributed by atoms with Crippen LogP contribution in [0.1, 0.15) is 55.3 Å². The maximum atomic E-state index is 12.7. The maximum Gasteiger partial charge on any atom is 0.253 e. The predicted octanol–water partition coefficient (Wildman–Crippen LogP) is 2.72. The number of nitrogens with one attached hydrogen (secondary N) is 1. The van der Waals surface area contributed by atoms with E-state index in [4.69, 9.17) is 9.47 Å². The lowest BCUT2D eigenvalue weighted by molar-refractivity contribution is -0.127. The molecule has 2 aliphatic heterocycles. The number of carbonyl (C=O) groups is 2. The summed E-state index contributed by atoms with van der Waals surface area (Å²) in [6.07, 6.45) is 7.39. The number of piperidine rings is 1. The molecule has 6 nitrogen and oxygen atoms in total. The number of nitrogens with zero attached hydrogens (tertiary/aromatic N) is 1. The Labute approximate surface area is 153 Å². The zero-order valence-electron chi connectivity index (χ0n) is 15.0. The van der Waals surface area contributed by atoms with E-state index in [9.17, 15) is 9.59 Å². The van der Waals surface area contributed by atoms with E-state index in [0.29, 0.717) is 36.2 Å². The second-order valence-corrected chi connectivity index (χ2v) is 7.48. The molecule has 1 aromatic rings. The van der Waals surface area contributed by atoms with E-state index in [-0.39, 0.29) is 24.5 Å². The maximum absolute atomic E-state index is 12.7. The molecule has 1 aliphatic carbocycles. The first-order valence-corrected chi connectivity index (χ1v) is 9.70. The summed E-state index contributed by atoms with van der Waals surface area (Å²) in [6, 6.07) is 5.65. The fraction of sp³-hybridized carbons (Fsp3) is 0.600. The fourth-order valence-corrected chi connectivity index (χ4v) is 4.12. The lowest BCUT2D eigenvalue weighted by Crippen LogP contribution is -2.45. The second kappa shape index (κ2) is 7.56. The molecule has 0 unspecified atom stereocenters. The van der Waals surface area contributed by atoms with Gasteiger partial charge in [-0.15, -0.1) is 0 Å². The van der Waals surface area contributed by atoms with Gasteiger partial charge in [0.05, 0.1) is 0 Å². The van der Waals surface area contributed by atoms with Crippen molar-refractivity contribution in [1.29, 1.82) is 0 Å². The van der Waals surface area contributed by atoms with Crippen LogP contribution < -0.4 is 14.8 Å². The minimum Gasteiger partial charge on any atom is -0.454 e. The third-order valence-corrected chi connectivity index (χ3v) is 5.72. The van der Waals surface area contributed by atoms with Crippen LogP contribution in [0.5, 0.6) is 11.5 Å². The van der Waals surface area contributed by atoms with Gasteiger partial charge in [-0.1, -0.05) is 19.3 Å². The molecule has 0 bridgehead atoms. The largest absolute Gasteiger partial charge is 0.454 e. The monoisotopic (exact) mass is 358 g/mol. The van der Waals surface area contributed by atoms with Gasteiger partial charge >= 0.3 is 0 Å². The Morgan fingerprint density at radius 3 is 2.46 bits per heavy atom. The first-order valence-electron chi connectivity index (χ1n) is 9.70. The summed E-state index contributed by atoms with van der Waals surface area (Å²) < 4.78 is 10.6. The summed E-state index contributed by atoms with van der Waals surface area (Å²) in [5, 5.41) is 3.22. The molecule has 140 valence electrons. The van der Waals surface area contributed by atoms with Gasteiger partial charge in [0.25, 0.3) is 5.91 Å². The Kier molecular flexibility index (Phi) is 5.00. The van der Waals surface area contributed by atoms with Crippen molar-refractivity contribution in [3.05, 3.63) is 23.8 Å². The minimum absolute atomic E-state index is 0.00515. The molecule has 2 amide bonds. The average molecular weight is 358 g/mol. The zero-order chi connectivity index (χ0) is 17.9. The fourth-order valence-electron chi connectivity index (χ4n) is 4.12. The van der Waals surface area contributed by atoms with Crippen LogP contribution >= 0.6 is 0 Å². The van der Waals surface area contributed by atoms with Crippen LogP contribution in [0, 0.1) is 5.92 Å². The molecular formula is C20H26N2O4. The van der Waals surface area contributed by atoms with E-state index in [1.165, 1.54) is 19.3 Å². The van der Waals surface area contributed by atoms with E-state index >= 15 is 0 Å². The van der Waals surface area contributed by atoms with Crippen molar-refractivity contribution in [2.45, 2.75) is 51.0 Å². The smallest absolute Gasteiger partial charge is 0.253 e. The van der Waals surface area contributed by atoms with Gasteiger partial charge in [-0.3, -0.25) is 9.59 Å². The highest BCUT2D eigenvalue weighted by molar-refractivity contribution is 5.95. The van der Waals surface area contributed by atoms with E-state index in [1.54, 1.807) is 18.2 Å². The van der Waals surface area contributed by atoms with Crippen molar-refractivity contribution in [2.24, 2.45) is 5.92 Å². The standard InChI is InChI=1S/C20H26N2O4/c23-19(21-16-4-2-1-3-5-16)14-8-10-22(11-9-14)20(24)15-6-7-17-18(12-15)26-13-25-17/h6-7,12,14,16H,1-5,8-11,13H2,(H,21,23). The lowest BCUT2D eigenvalue weighted by atomic mass is 9.92. The number of hydrogen-bond acceptors (Lipinski definition) is 4. The van der Waals surface area contributed by atoms with E-state index in [2.05, 4.69) is 5.32 Å². The van der Waals surface area contributed by atoms with Crippen LogP contribution in [0.25, 0.3) is 0 Å². The number of likely N-dealkylation sites (tertiary alicyclic amines) is 1. The van der Waals surface area contributed by atoms with Crippen LogP contribution in [0.15, 0.2) is 18.2 Å². The molecule has 0 spiro atoms. The third-order valence-electron chi connectivity index (χ3n) is 5.72.